The number of unbranched alkanes of at least 4 members (excludes halogenated alkanes) is 4. The molecule has 2 atom stereocenters. The van der Waals surface area contributed by atoms with Crippen LogP contribution in [0.5, 0.6) is 0 Å². The van der Waals surface area contributed by atoms with Crippen LogP contribution in [0.15, 0.2) is 84.9 Å². The van der Waals surface area contributed by atoms with Gasteiger partial charge in [0.15, 0.2) is 0 Å². The van der Waals surface area contributed by atoms with Gasteiger partial charge in [-0.05, 0) is 83.0 Å². The molecule has 0 N–H and O–H groups in total. The molecule has 0 amide bonds. The maximum Gasteiger partial charge on any atom is 0.131 e. The van der Waals surface area contributed by atoms with E-state index < -0.39 is 0 Å². The van der Waals surface area contributed by atoms with Crippen molar-refractivity contribution in [3.63, 3.8) is 0 Å². The largest absolute Gasteiger partial charge is 0.249 e. The zero-order chi connectivity index (χ0) is 42.9. The van der Waals surface area contributed by atoms with Crippen LogP contribution in [-0.4, -0.2) is 18.7 Å². The van der Waals surface area contributed by atoms with E-state index in [-0.39, 0.29) is 11.6 Å². The van der Waals surface area contributed by atoms with Crippen molar-refractivity contribution in [1.29, 1.82) is 0 Å². The summed E-state index contributed by atoms with van der Waals surface area (Å²) >= 11 is 1.17. The topological polar surface area (TPSA) is 51.6 Å². The van der Waals surface area contributed by atoms with Crippen LogP contribution in [0.4, 0.5) is 8.78 Å². The zero-order valence-corrected chi connectivity index (χ0v) is 37.9. The third kappa shape index (κ3) is 9.94. The fourth-order valence-electron chi connectivity index (χ4n) is 9.11. The molecule has 7 heteroatoms. The van der Waals surface area contributed by atoms with Crippen LogP contribution in [-0.2, 0) is 25.7 Å². The molecule has 4 nitrogen and oxygen atoms in total. The number of halogens is 2. The summed E-state index contributed by atoms with van der Waals surface area (Å²) in [6.07, 6.45) is 15.3. The van der Waals surface area contributed by atoms with E-state index >= 15 is 8.78 Å². The predicted octanol–water partition coefficient (Wildman–Crippen LogP) is 16.0. The first kappa shape index (κ1) is 44.2. The molecular weight excluding hydrogens is 775 g/mol. The molecule has 7 rings (SSSR count). The van der Waals surface area contributed by atoms with E-state index in [1.54, 1.807) is 12.1 Å². The first-order chi connectivity index (χ1) is 29.8. The highest BCUT2D eigenvalue weighted by molar-refractivity contribution is 7.00. The normalized spacial score (nSPS) is 12.7. The molecule has 0 saturated carbocycles. The molecule has 0 aliphatic carbocycles. The standard InChI is InChI=1S/C54H62F2N4S/c1-7-13-15-17-35(9-3)31-37-19-29-43(45(55)33-37)39-21-25-41(26-22-39)49-51-52(58-48(12-6)47(11-5)57-51)50(54-53(49)59-61-60-54)42-27-23-40(24-28-42)44-30-20-38(34-46(44)56)32-36(10-4)18-16-14-8-2/h19-30,33-36H,7-18,31-32H2,1-6H3. The highest BCUT2D eigenvalue weighted by atomic mass is 32.1. The van der Waals surface area contributed by atoms with E-state index in [9.17, 15) is 0 Å². The van der Waals surface area contributed by atoms with Crippen LogP contribution in [0, 0.1) is 23.5 Å². The summed E-state index contributed by atoms with van der Waals surface area (Å²) in [6, 6.07) is 27.7. The zero-order valence-electron chi connectivity index (χ0n) is 37.1. The number of benzene rings is 5. The molecule has 0 aliphatic rings. The van der Waals surface area contributed by atoms with Gasteiger partial charge in [0.05, 0.1) is 34.1 Å². The minimum Gasteiger partial charge on any atom is -0.249 e. The molecule has 2 aromatic heterocycles. The van der Waals surface area contributed by atoms with Gasteiger partial charge in [0.2, 0.25) is 0 Å². The highest BCUT2D eigenvalue weighted by Crippen LogP contribution is 2.43. The van der Waals surface area contributed by atoms with E-state index in [2.05, 4.69) is 53.7 Å². The Morgan fingerprint density at radius 2 is 0.869 bits per heavy atom. The number of fused-ring (bicyclic) bond motifs is 2. The monoisotopic (exact) mass is 836 g/mol. The Morgan fingerprint density at radius 3 is 1.21 bits per heavy atom. The Kier molecular flexibility index (Phi) is 15.1. The Hall–Kier alpha value is -4.88. The Bertz CT molecular complexity index is 2370. The summed E-state index contributed by atoms with van der Waals surface area (Å²) in [5.74, 6) is 0.775. The number of nitrogens with zero attached hydrogens (tertiary/aromatic N) is 4. The van der Waals surface area contributed by atoms with Crippen molar-refractivity contribution in [2.45, 2.75) is 131 Å². The Labute approximate surface area is 366 Å². The first-order valence-electron chi connectivity index (χ1n) is 23.1. The number of hydrogen-bond donors (Lipinski definition) is 0. The summed E-state index contributed by atoms with van der Waals surface area (Å²) in [5.41, 5.74) is 13.5. The van der Waals surface area contributed by atoms with E-state index in [0.29, 0.717) is 23.0 Å². The van der Waals surface area contributed by atoms with E-state index in [1.165, 1.54) is 63.1 Å². The molecule has 7 aromatic rings. The van der Waals surface area contributed by atoms with Gasteiger partial charge < -0.3 is 0 Å². The molecule has 0 saturated heterocycles. The molecule has 318 valence electrons. The lowest BCUT2D eigenvalue weighted by molar-refractivity contribution is 0.442. The average Bonchev–Trinajstić information content (AvgIpc) is 3.77. The van der Waals surface area contributed by atoms with Crippen LogP contribution in [0.25, 0.3) is 66.6 Å². The van der Waals surface area contributed by atoms with Gasteiger partial charge >= 0.3 is 0 Å². The second kappa shape index (κ2) is 20.8. The Balaban J connectivity index is 1.22. The number of aromatic nitrogens is 4. The molecule has 0 bridgehead atoms. The van der Waals surface area contributed by atoms with E-state index in [4.69, 9.17) is 18.7 Å². The van der Waals surface area contributed by atoms with E-state index in [1.807, 2.05) is 60.7 Å². The summed E-state index contributed by atoms with van der Waals surface area (Å²) < 4.78 is 41.3. The molecule has 0 spiro atoms. The molecular formula is C54H62F2N4S. The van der Waals surface area contributed by atoms with Crippen LogP contribution in [0.3, 0.4) is 0 Å². The molecule has 2 unspecified atom stereocenters. The average molecular weight is 837 g/mol. The molecule has 0 fully saturated rings. The van der Waals surface area contributed by atoms with Crippen molar-refractivity contribution in [2.75, 3.05) is 0 Å². The van der Waals surface area contributed by atoms with Crippen molar-refractivity contribution in [3.05, 3.63) is 119 Å². The second-order valence-electron chi connectivity index (χ2n) is 17.0. The van der Waals surface area contributed by atoms with Gasteiger partial charge in [-0.2, -0.15) is 8.75 Å². The van der Waals surface area contributed by atoms with Crippen molar-refractivity contribution in [1.82, 2.24) is 18.7 Å². The van der Waals surface area contributed by atoms with Crippen LogP contribution >= 0.6 is 11.7 Å². The minimum absolute atomic E-state index is 0.191. The smallest absolute Gasteiger partial charge is 0.131 e. The van der Waals surface area contributed by atoms with Gasteiger partial charge in [-0.3, -0.25) is 0 Å². The van der Waals surface area contributed by atoms with Crippen LogP contribution < -0.4 is 0 Å². The molecule has 0 aliphatic heterocycles. The molecule has 2 heterocycles. The SMILES string of the molecule is CCCCCC(CC)Cc1ccc(-c2ccc(-c3c4nsnc4c(-c4ccc(-c5ccc(CC(CC)CCCCC)cc5F)cc4)c4nc(CC)c(CC)nc34)cc2)c(F)c1. The second-order valence-corrected chi connectivity index (χ2v) is 17.5. The van der Waals surface area contributed by atoms with Gasteiger partial charge in [0.25, 0.3) is 0 Å². The van der Waals surface area contributed by atoms with Gasteiger partial charge in [-0.15, -0.1) is 0 Å². The fraction of sp³-hybridized carbons (Fsp3) is 0.407. The van der Waals surface area contributed by atoms with Crippen molar-refractivity contribution in [2.24, 2.45) is 11.8 Å². The molecule has 61 heavy (non-hydrogen) atoms. The predicted molar refractivity (Wildman–Crippen MR) is 254 cm³/mol. The summed E-state index contributed by atoms with van der Waals surface area (Å²) in [7, 11) is 0. The van der Waals surface area contributed by atoms with Crippen molar-refractivity contribution < 1.29 is 8.78 Å². The molecule has 0 radical (unpaired) electrons. The lowest BCUT2D eigenvalue weighted by Gasteiger charge is -2.16. The fourth-order valence-corrected chi connectivity index (χ4v) is 9.67. The van der Waals surface area contributed by atoms with Gasteiger partial charge in [-0.1, -0.05) is 179 Å². The van der Waals surface area contributed by atoms with Crippen molar-refractivity contribution in [3.8, 4) is 44.5 Å². The summed E-state index contributed by atoms with van der Waals surface area (Å²) in [5, 5.41) is 0. The highest BCUT2D eigenvalue weighted by Gasteiger charge is 2.24. The number of aryl methyl sites for hydroxylation is 2. The minimum atomic E-state index is -0.191. The van der Waals surface area contributed by atoms with Gasteiger partial charge in [0.1, 0.15) is 22.7 Å². The summed E-state index contributed by atoms with van der Waals surface area (Å²) in [6.45, 7) is 13.2. The molecule has 5 aromatic carbocycles. The first-order valence-corrected chi connectivity index (χ1v) is 23.8. The van der Waals surface area contributed by atoms with Gasteiger partial charge in [-0.25, -0.2) is 18.7 Å². The maximum absolute atomic E-state index is 15.8. The number of hydrogen-bond acceptors (Lipinski definition) is 5. The van der Waals surface area contributed by atoms with Crippen LogP contribution in [0.2, 0.25) is 0 Å². The van der Waals surface area contributed by atoms with E-state index in [0.717, 1.165) is 116 Å². The maximum atomic E-state index is 15.8. The Morgan fingerprint density at radius 1 is 0.475 bits per heavy atom. The quantitative estimate of drug-likeness (QED) is 0.0718. The lowest BCUT2D eigenvalue weighted by atomic mass is 9.90. The summed E-state index contributed by atoms with van der Waals surface area (Å²) in [4.78, 5) is 10.6. The lowest BCUT2D eigenvalue weighted by Crippen LogP contribution is -2.04. The third-order valence-electron chi connectivity index (χ3n) is 12.8. The van der Waals surface area contributed by atoms with Crippen LogP contribution in [0.1, 0.15) is 128 Å². The van der Waals surface area contributed by atoms with Crippen molar-refractivity contribution >= 4 is 33.8 Å². The van der Waals surface area contributed by atoms with Gasteiger partial charge in [0, 0.05) is 22.3 Å². The number of rotatable bonds is 20. The third-order valence-corrected chi connectivity index (χ3v) is 13.4.